The molecule has 1 atom stereocenters. The predicted octanol–water partition coefficient (Wildman–Crippen LogP) is 1.48. The standard InChI is InChI=1S/C4H9NO2/c1-3-4(2)7-5-6/h4H,3H2,1-2H3/t4-/m0/s1. The maximum Gasteiger partial charge on any atom is 0.155 e. The van der Waals surface area contributed by atoms with Crippen LogP contribution in [0.1, 0.15) is 20.3 Å². The van der Waals surface area contributed by atoms with Crippen molar-refractivity contribution >= 4 is 0 Å². The lowest BCUT2D eigenvalue weighted by molar-refractivity contribution is 0.0661. The molecular formula is C4H9NO2. The minimum atomic E-state index is -0.0301. The summed E-state index contributed by atoms with van der Waals surface area (Å²) in [5.41, 5.74) is 0. The maximum atomic E-state index is 9.30. The lowest BCUT2D eigenvalue weighted by atomic mass is 10.3. The third-order valence-corrected chi connectivity index (χ3v) is 0.798. The summed E-state index contributed by atoms with van der Waals surface area (Å²) in [7, 11) is 0. The fourth-order valence-electron chi connectivity index (χ4n) is 0.148. The highest BCUT2D eigenvalue weighted by Crippen LogP contribution is 1.93. The highest BCUT2D eigenvalue weighted by atomic mass is 16.7. The molecule has 0 aliphatic carbocycles. The molecule has 3 heteroatoms. The van der Waals surface area contributed by atoms with E-state index in [9.17, 15) is 4.91 Å². The topological polar surface area (TPSA) is 38.7 Å². The normalized spacial score (nSPS) is 12.9. The molecule has 0 aliphatic heterocycles. The molecular weight excluding hydrogens is 94.0 g/mol. The first-order chi connectivity index (χ1) is 3.31. The first kappa shape index (κ1) is 6.40. The van der Waals surface area contributed by atoms with Crippen LogP contribution >= 0.6 is 0 Å². The Morgan fingerprint density at radius 2 is 2.43 bits per heavy atom. The summed E-state index contributed by atoms with van der Waals surface area (Å²) in [6, 6.07) is 0. The number of hydrogen-bond donors (Lipinski definition) is 0. The van der Waals surface area contributed by atoms with Crippen molar-refractivity contribution in [3.8, 4) is 0 Å². The summed E-state index contributed by atoms with van der Waals surface area (Å²) in [6.45, 7) is 3.72. The molecule has 0 rings (SSSR count). The summed E-state index contributed by atoms with van der Waals surface area (Å²) in [6.07, 6.45) is 0.795. The molecule has 0 saturated heterocycles. The molecule has 0 fully saturated rings. The van der Waals surface area contributed by atoms with Crippen LogP contribution in [-0.4, -0.2) is 6.10 Å². The van der Waals surface area contributed by atoms with Gasteiger partial charge in [0.05, 0.1) is 0 Å². The van der Waals surface area contributed by atoms with Gasteiger partial charge in [-0.3, -0.25) is 0 Å². The van der Waals surface area contributed by atoms with Gasteiger partial charge in [-0.05, 0) is 13.3 Å². The van der Waals surface area contributed by atoms with Crippen molar-refractivity contribution in [3.05, 3.63) is 4.91 Å². The minimum Gasteiger partial charge on any atom is -0.361 e. The molecule has 0 aromatic rings. The molecule has 7 heavy (non-hydrogen) atoms. The number of nitrogens with zero attached hydrogens (tertiary/aromatic N) is 1. The van der Waals surface area contributed by atoms with Crippen molar-refractivity contribution in [1.82, 2.24) is 0 Å². The molecule has 0 amide bonds. The average molecular weight is 103 g/mol. The van der Waals surface area contributed by atoms with E-state index in [0.29, 0.717) is 0 Å². The summed E-state index contributed by atoms with van der Waals surface area (Å²) in [5, 5.41) is 2.26. The Balaban J connectivity index is 2.98. The highest BCUT2D eigenvalue weighted by molar-refractivity contribution is 4.39. The third kappa shape index (κ3) is 3.22. The first-order valence-corrected chi connectivity index (χ1v) is 2.29. The maximum absolute atomic E-state index is 9.30. The molecule has 0 aromatic heterocycles. The lowest BCUT2D eigenvalue weighted by Gasteiger charge is -1.99. The van der Waals surface area contributed by atoms with Crippen LogP contribution < -0.4 is 0 Å². The van der Waals surface area contributed by atoms with Gasteiger partial charge in [0, 0.05) is 0 Å². The summed E-state index contributed by atoms with van der Waals surface area (Å²) < 4.78 is 0. The quantitative estimate of drug-likeness (QED) is 0.401. The van der Waals surface area contributed by atoms with E-state index in [4.69, 9.17) is 0 Å². The first-order valence-electron chi connectivity index (χ1n) is 2.29. The summed E-state index contributed by atoms with van der Waals surface area (Å²) >= 11 is 0. The van der Waals surface area contributed by atoms with Crippen molar-refractivity contribution in [3.63, 3.8) is 0 Å². The molecule has 0 spiro atoms. The Morgan fingerprint density at radius 1 is 1.86 bits per heavy atom. The van der Waals surface area contributed by atoms with Crippen LogP contribution in [0.2, 0.25) is 0 Å². The van der Waals surface area contributed by atoms with Gasteiger partial charge in [0.1, 0.15) is 6.10 Å². The van der Waals surface area contributed by atoms with E-state index >= 15 is 0 Å². The van der Waals surface area contributed by atoms with Gasteiger partial charge in [0.25, 0.3) is 0 Å². The van der Waals surface area contributed by atoms with Crippen LogP contribution in [0.25, 0.3) is 0 Å². The summed E-state index contributed by atoms with van der Waals surface area (Å²) in [5.74, 6) is 0. The second-order valence-corrected chi connectivity index (χ2v) is 1.40. The Bertz CT molecular complexity index is 55.7. The Hall–Kier alpha value is -0.600. The molecule has 0 N–H and O–H groups in total. The molecule has 42 valence electrons. The average Bonchev–Trinajstić information content (AvgIpc) is 1.68. The summed E-state index contributed by atoms with van der Waals surface area (Å²) in [4.78, 5) is 13.6. The van der Waals surface area contributed by atoms with Gasteiger partial charge in [-0.15, -0.1) is 4.91 Å². The lowest BCUT2D eigenvalue weighted by Crippen LogP contribution is -1.99. The van der Waals surface area contributed by atoms with Crippen molar-refractivity contribution < 1.29 is 4.84 Å². The van der Waals surface area contributed by atoms with Gasteiger partial charge in [-0.1, -0.05) is 6.92 Å². The second-order valence-electron chi connectivity index (χ2n) is 1.40. The molecule has 0 heterocycles. The molecule has 0 aliphatic rings. The van der Waals surface area contributed by atoms with Crippen LogP contribution in [-0.2, 0) is 4.84 Å². The van der Waals surface area contributed by atoms with Crippen molar-refractivity contribution in [2.45, 2.75) is 26.4 Å². The van der Waals surface area contributed by atoms with E-state index in [1.807, 2.05) is 6.92 Å². The molecule has 0 saturated carbocycles. The largest absolute Gasteiger partial charge is 0.361 e. The highest BCUT2D eigenvalue weighted by Gasteiger charge is 1.94. The number of hydrogen-bond acceptors (Lipinski definition) is 3. The van der Waals surface area contributed by atoms with Crippen LogP contribution in [0.5, 0.6) is 0 Å². The Morgan fingerprint density at radius 3 is 2.57 bits per heavy atom. The van der Waals surface area contributed by atoms with Gasteiger partial charge in [-0.25, -0.2) is 0 Å². The van der Waals surface area contributed by atoms with E-state index in [1.165, 1.54) is 0 Å². The van der Waals surface area contributed by atoms with Gasteiger partial charge in [0.2, 0.25) is 0 Å². The zero-order chi connectivity index (χ0) is 5.70. The zero-order valence-electron chi connectivity index (χ0n) is 4.55. The van der Waals surface area contributed by atoms with Crippen molar-refractivity contribution in [1.29, 1.82) is 0 Å². The minimum absolute atomic E-state index is 0.0301. The molecule has 0 radical (unpaired) electrons. The van der Waals surface area contributed by atoms with Gasteiger partial charge in [0.15, 0.2) is 5.34 Å². The van der Waals surface area contributed by atoms with Gasteiger partial charge in [-0.2, -0.15) is 0 Å². The zero-order valence-corrected chi connectivity index (χ0v) is 4.55. The van der Waals surface area contributed by atoms with Crippen LogP contribution in [0.4, 0.5) is 0 Å². The molecule has 0 unspecified atom stereocenters. The molecule has 0 aromatic carbocycles. The Kier molecular flexibility index (Phi) is 3.28. The van der Waals surface area contributed by atoms with Gasteiger partial charge >= 0.3 is 0 Å². The second kappa shape index (κ2) is 3.59. The fourth-order valence-corrected chi connectivity index (χ4v) is 0.148. The van der Waals surface area contributed by atoms with Crippen molar-refractivity contribution in [2.75, 3.05) is 0 Å². The van der Waals surface area contributed by atoms with Crippen LogP contribution in [0.15, 0.2) is 5.34 Å². The van der Waals surface area contributed by atoms with Crippen LogP contribution in [0, 0.1) is 4.91 Å². The van der Waals surface area contributed by atoms with E-state index in [1.54, 1.807) is 6.92 Å². The SMILES string of the molecule is CC[C@H](C)ON=O. The van der Waals surface area contributed by atoms with Crippen LogP contribution in [0.3, 0.4) is 0 Å². The monoisotopic (exact) mass is 103 g/mol. The third-order valence-electron chi connectivity index (χ3n) is 0.798. The fraction of sp³-hybridized carbons (Fsp3) is 1.00. The van der Waals surface area contributed by atoms with Crippen molar-refractivity contribution in [2.24, 2.45) is 5.34 Å². The van der Waals surface area contributed by atoms with E-state index in [0.717, 1.165) is 6.42 Å². The van der Waals surface area contributed by atoms with E-state index in [-0.39, 0.29) is 6.10 Å². The number of rotatable bonds is 3. The van der Waals surface area contributed by atoms with E-state index < -0.39 is 0 Å². The Labute approximate surface area is 42.6 Å². The predicted molar refractivity (Wildman–Crippen MR) is 26.6 cm³/mol. The molecule has 0 bridgehead atoms. The van der Waals surface area contributed by atoms with Gasteiger partial charge < -0.3 is 4.84 Å². The molecule has 3 nitrogen and oxygen atoms in total. The van der Waals surface area contributed by atoms with E-state index in [2.05, 4.69) is 10.2 Å². The smallest absolute Gasteiger partial charge is 0.155 e.